The van der Waals surface area contributed by atoms with Crippen LogP contribution in [0.5, 0.6) is 0 Å². The first-order valence-electron chi connectivity index (χ1n) is 4.79. The molecule has 1 aromatic heterocycles. The normalized spacial score (nSPS) is 12.1. The second-order valence-electron chi connectivity index (χ2n) is 3.31. The highest BCUT2D eigenvalue weighted by molar-refractivity contribution is 5.85. The molecule has 0 radical (unpaired) electrons. The average molecular weight is 192 g/mol. The maximum absolute atomic E-state index is 4.40. The van der Waals surface area contributed by atoms with Gasteiger partial charge in [0.1, 0.15) is 6.33 Å². The molecule has 1 heterocycles. The van der Waals surface area contributed by atoms with E-state index in [1.807, 2.05) is 0 Å². The van der Waals surface area contributed by atoms with Crippen LogP contribution in [0.2, 0.25) is 0 Å². The summed E-state index contributed by atoms with van der Waals surface area (Å²) in [5, 5.41) is 8.40. The van der Waals surface area contributed by atoms with E-state index in [9.17, 15) is 0 Å². The highest BCUT2D eigenvalue weighted by atomic mass is 15.5. The van der Waals surface area contributed by atoms with Gasteiger partial charge in [-0.1, -0.05) is 27.4 Å². The molecule has 0 amide bonds. The first kappa shape index (κ1) is 10.6. The fraction of sp³-hybridized carbons (Fsp3) is 0.500. The first-order valence-corrected chi connectivity index (χ1v) is 4.79. The van der Waals surface area contributed by atoms with Gasteiger partial charge in [0.2, 0.25) is 0 Å². The summed E-state index contributed by atoms with van der Waals surface area (Å²) >= 11 is 0. The zero-order valence-corrected chi connectivity index (χ0v) is 8.94. The van der Waals surface area contributed by atoms with Gasteiger partial charge in [-0.2, -0.15) is 5.10 Å². The van der Waals surface area contributed by atoms with E-state index in [2.05, 4.69) is 42.5 Å². The molecule has 4 heteroatoms. The highest BCUT2D eigenvalue weighted by Gasteiger charge is 2.04. The van der Waals surface area contributed by atoms with Gasteiger partial charge in [0.25, 0.3) is 0 Å². The lowest BCUT2D eigenvalue weighted by Gasteiger charge is -2.06. The Kier molecular flexibility index (Phi) is 3.56. The fourth-order valence-corrected chi connectivity index (χ4v) is 1.17. The Morgan fingerprint density at radius 3 is 2.93 bits per heavy atom. The zero-order valence-electron chi connectivity index (χ0n) is 8.94. The molecule has 1 rings (SSSR count). The third-order valence-electron chi connectivity index (χ3n) is 1.99. The molecule has 0 spiro atoms. The maximum Gasteiger partial charge on any atom is 0.175 e. The summed E-state index contributed by atoms with van der Waals surface area (Å²) in [6.07, 6.45) is 4.05. The Morgan fingerprint density at radius 1 is 1.71 bits per heavy atom. The van der Waals surface area contributed by atoms with Gasteiger partial charge in [0.05, 0.1) is 0 Å². The average Bonchev–Trinajstić information content (AvgIpc) is 2.60. The zero-order chi connectivity index (χ0) is 10.6. The van der Waals surface area contributed by atoms with Gasteiger partial charge in [-0.3, -0.25) is 0 Å². The van der Waals surface area contributed by atoms with Gasteiger partial charge in [0.15, 0.2) is 5.82 Å². The summed E-state index contributed by atoms with van der Waals surface area (Å²) in [6.45, 7) is 9.97. The van der Waals surface area contributed by atoms with Crippen LogP contribution < -0.4 is 0 Å². The molecule has 0 bridgehead atoms. The molecule has 1 aromatic rings. The first-order chi connectivity index (χ1) is 6.69. The molecule has 0 aromatic carbocycles. The molecule has 0 saturated carbocycles. The van der Waals surface area contributed by atoms with Crippen LogP contribution in [-0.4, -0.2) is 20.6 Å². The molecular weight excluding hydrogens is 176 g/mol. The van der Waals surface area contributed by atoms with Crippen molar-refractivity contribution in [1.29, 1.82) is 0 Å². The lowest BCUT2D eigenvalue weighted by molar-refractivity contribution is 0.705. The largest absolute Gasteiger partial charge is 0.213 e. The SMILES string of the molecule is C=Cc1ncnn1/N=C(\CC)C(C)C. The minimum Gasteiger partial charge on any atom is -0.213 e. The molecule has 76 valence electrons. The van der Waals surface area contributed by atoms with Crippen molar-refractivity contribution < 1.29 is 0 Å². The summed E-state index contributed by atoms with van der Waals surface area (Å²) < 4.78 is 0. The Morgan fingerprint density at radius 2 is 2.43 bits per heavy atom. The van der Waals surface area contributed by atoms with Crippen LogP contribution >= 0.6 is 0 Å². The Balaban J connectivity index is 2.99. The summed E-state index contributed by atoms with van der Waals surface area (Å²) in [5.41, 5.74) is 1.11. The molecule has 0 aliphatic rings. The van der Waals surface area contributed by atoms with Gasteiger partial charge in [-0.15, -0.1) is 9.89 Å². The van der Waals surface area contributed by atoms with Crippen LogP contribution in [0, 0.1) is 5.92 Å². The number of hydrogen-bond donors (Lipinski definition) is 0. The van der Waals surface area contributed by atoms with Crippen LogP contribution in [0.4, 0.5) is 0 Å². The highest BCUT2D eigenvalue weighted by Crippen LogP contribution is 2.03. The van der Waals surface area contributed by atoms with Crippen molar-refractivity contribution in [3.05, 3.63) is 18.7 Å². The monoisotopic (exact) mass is 192 g/mol. The molecular formula is C10H16N4. The Labute approximate surface area is 84.4 Å². The number of nitrogens with zero attached hydrogens (tertiary/aromatic N) is 4. The van der Waals surface area contributed by atoms with Crippen molar-refractivity contribution >= 4 is 11.8 Å². The summed E-state index contributed by atoms with van der Waals surface area (Å²) in [7, 11) is 0. The Bertz CT molecular complexity index is 336. The molecule has 0 unspecified atom stereocenters. The summed E-state index contributed by atoms with van der Waals surface area (Å²) in [6, 6.07) is 0. The van der Waals surface area contributed by atoms with E-state index in [1.54, 1.807) is 6.08 Å². The van der Waals surface area contributed by atoms with E-state index in [4.69, 9.17) is 0 Å². The lowest BCUT2D eigenvalue weighted by Crippen LogP contribution is -2.09. The van der Waals surface area contributed by atoms with Crippen molar-refractivity contribution in [2.24, 2.45) is 11.0 Å². The third kappa shape index (κ3) is 2.28. The minimum absolute atomic E-state index is 0.432. The number of rotatable bonds is 4. The van der Waals surface area contributed by atoms with Crippen molar-refractivity contribution in [1.82, 2.24) is 14.9 Å². The standard InChI is InChI=1S/C10H16N4/c1-5-9(8(3)4)13-14-10(6-2)11-7-12-14/h6-8H,2,5H2,1,3-4H3/b13-9+. The molecule has 0 aliphatic heterocycles. The minimum atomic E-state index is 0.432. The van der Waals surface area contributed by atoms with Gasteiger partial charge >= 0.3 is 0 Å². The maximum atomic E-state index is 4.40. The van der Waals surface area contributed by atoms with Gasteiger partial charge in [0, 0.05) is 5.71 Å². The molecule has 0 saturated heterocycles. The van der Waals surface area contributed by atoms with Crippen LogP contribution in [0.25, 0.3) is 6.08 Å². The molecule has 0 aliphatic carbocycles. The molecule has 0 atom stereocenters. The molecule has 4 nitrogen and oxygen atoms in total. The van der Waals surface area contributed by atoms with Gasteiger partial charge < -0.3 is 0 Å². The van der Waals surface area contributed by atoms with E-state index in [0.29, 0.717) is 11.7 Å². The van der Waals surface area contributed by atoms with Crippen LogP contribution in [0.15, 0.2) is 18.0 Å². The second kappa shape index (κ2) is 4.69. The number of aromatic nitrogens is 3. The van der Waals surface area contributed by atoms with Crippen molar-refractivity contribution in [2.75, 3.05) is 0 Å². The summed E-state index contributed by atoms with van der Waals surface area (Å²) in [4.78, 5) is 5.53. The predicted molar refractivity (Wildman–Crippen MR) is 58.1 cm³/mol. The van der Waals surface area contributed by atoms with Crippen molar-refractivity contribution in [2.45, 2.75) is 27.2 Å². The van der Waals surface area contributed by atoms with E-state index in [-0.39, 0.29) is 0 Å². The molecule has 0 N–H and O–H groups in total. The van der Waals surface area contributed by atoms with Gasteiger partial charge in [-0.05, 0) is 18.4 Å². The smallest absolute Gasteiger partial charge is 0.175 e. The van der Waals surface area contributed by atoms with E-state index < -0.39 is 0 Å². The second-order valence-corrected chi connectivity index (χ2v) is 3.31. The topological polar surface area (TPSA) is 43.1 Å². The van der Waals surface area contributed by atoms with Crippen LogP contribution in [0.1, 0.15) is 33.0 Å². The van der Waals surface area contributed by atoms with E-state index in [0.717, 1.165) is 12.1 Å². The third-order valence-corrected chi connectivity index (χ3v) is 1.99. The van der Waals surface area contributed by atoms with Gasteiger partial charge in [-0.25, -0.2) is 4.98 Å². The van der Waals surface area contributed by atoms with Crippen LogP contribution in [0.3, 0.4) is 0 Å². The van der Waals surface area contributed by atoms with Crippen LogP contribution in [-0.2, 0) is 0 Å². The van der Waals surface area contributed by atoms with Crippen molar-refractivity contribution in [3.8, 4) is 0 Å². The van der Waals surface area contributed by atoms with Crippen molar-refractivity contribution in [3.63, 3.8) is 0 Å². The fourth-order valence-electron chi connectivity index (χ4n) is 1.17. The Hall–Kier alpha value is -1.45. The predicted octanol–water partition coefficient (Wildman–Crippen LogP) is 2.19. The number of hydrogen-bond acceptors (Lipinski definition) is 3. The summed E-state index contributed by atoms with van der Waals surface area (Å²) in [5.74, 6) is 1.11. The molecule has 0 fully saturated rings. The van der Waals surface area contributed by atoms with E-state index >= 15 is 0 Å². The quantitative estimate of drug-likeness (QED) is 0.686. The lowest BCUT2D eigenvalue weighted by atomic mass is 10.1. The molecule has 14 heavy (non-hydrogen) atoms. The van der Waals surface area contributed by atoms with E-state index in [1.165, 1.54) is 11.1 Å².